The van der Waals surface area contributed by atoms with E-state index in [1.54, 1.807) is 6.07 Å². The molecule has 0 saturated carbocycles. The zero-order valence-electron chi connectivity index (χ0n) is 13.4. The molecular formula is C18H21Cl2NO2. The first-order chi connectivity index (χ1) is 11.1. The monoisotopic (exact) mass is 353 g/mol. The first kappa shape index (κ1) is 17.8. The van der Waals surface area contributed by atoms with Crippen molar-refractivity contribution in [3.63, 3.8) is 0 Å². The molecule has 23 heavy (non-hydrogen) atoms. The SMILES string of the molecule is CCCOc1ccc(CNc2cc(Cl)cc(Cl)c2)cc1OCC. The number of hydrogen-bond donors (Lipinski definition) is 1. The fraction of sp³-hybridized carbons (Fsp3) is 0.333. The fourth-order valence-corrected chi connectivity index (χ4v) is 2.65. The minimum absolute atomic E-state index is 0.600. The van der Waals surface area contributed by atoms with Crippen LogP contribution in [0.25, 0.3) is 0 Å². The van der Waals surface area contributed by atoms with Crippen molar-refractivity contribution in [3.8, 4) is 11.5 Å². The smallest absolute Gasteiger partial charge is 0.161 e. The van der Waals surface area contributed by atoms with Gasteiger partial charge in [0.15, 0.2) is 11.5 Å². The lowest BCUT2D eigenvalue weighted by Gasteiger charge is -2.14. The number of rotatable bonds is 8. The maximum atomic E-state index is 6.01. The highest BCUT2D eigenvalue weighted by molar-refractivity contribution is 6.35. The molecule has 0 atom stereocenters. The van der Waals surface area contributed by atoms with Crippen molar-refractivity contribution in [1.29, 1.82) is 0 Å². The van der Waals surface area contributed by atoms with Gasteiger partial charge in [-0.3, -0.25) is 0 Å². The largest absolute Gasteiger partial charge is 0.490 e. The van der Waals surface area contributed by atoms with E-state index in [1.165, 1.54) is 0 Å². The number of anilines is 1. The molecule has 0 aliphatic rings. The van der Waals surface area contributed by atoms with Gasteiger partial charge in [-0.05, 0) is 49.2 Å². The Hall–Kier alpha value is -1.58. The van der Waals surface area contributed by atoms with Gasteiger partial charge in [-0.1, -0.05) is 36.2 Å². The van der Waals surface area contributed by atoms with Gasteiger partial charge < -0.3 is 14.8 Å². The van der Waals surface area contributed by atoms with Gasteiger partial charge in [0.25, 0.3) is 0 Å². The maximum absolute atomic E-state index is 6.01. The van der Waals surface area contributed by atoms with Gasteiger partial charge in [0.2, 0.25) is 0 Å². The highest BCUT2D eigenvalue weighted by atomic mass is 35.5. The summed E-state index contributed by atoms with van der Waals surface area (Å²) in [7, 11) is 0. The quantitative estimate of drug-likeness (QED) is 0.651. The minimum atomic E-state index is 0.600. The number of ether oxygens (including phenoxy) is 2. The molecule has 3 nitrogen and oxygen atoms in total. The van der Waals surface area contributed by atoms with E-state index in [2.05, 4.69) is 12.2 Å². The van der Waals surface area contributed by atoms with E-state index in [4.69, 9.17) is 32.7 Å². The topological polar surface area (TPSA) is 30.5 Å². The molecular weight excluding hydrogens is 333 g/mol. The highest BCUT2D eigenvalue weighted by Crippen LogP contribution is 2.29. The predicted octanol–water partition coefficient (Wildman–Crippen LogP) is 5.79. The first-order valence-corrected chi connectivity index (χ1v) is 8.46. The number of halogens is 2. The van der Waals surface area contributed by atoms with Crippen molar-refractivity contribution in [2.24, 2.45) is 0 Å². The van der Waals surface area contributed by atoms with Gasteiger partial charge in [-0.15, -0.1) is 0 Å². The summed E-state index contributed by atoms with van der Waals surface area (Å²) >= 11 is 12.0. The van der Waals surface area contributed by atoms with Crippen molar-refractivity contribution in [3.05, 3.63) is 52.0 Å². The Labute approximate surface area is 147 Å². The van der Waals surface area contributed by atoms with Gasteiger partial charge in [-0.2, -0.15) is 0 Å². The third-order valence-corrected chi connectivity index (χ3v) is 3.57. The van der Waals surface area contributed by atoms with Gasteiger partial charge in [0.05, 0.1) is 13.2 Å². The van der Waals surface area contributed by atoms with E-state index in [0.29, 0.717) is 29.8 Å². The number of nitrogens with one attached hydrogen (secondary N) is 1. The van der Waals surface area contributed by atoms with Crippen LogP contribution in [0, 0.1) is 0 Å². The second kappa shape index (κ2) is 8.90. The Morgan fingerprint density at radius 3 is 2.30 bits per heavy atom. The molecule has 0 bridgehead atoms. The summed E-state index contributed by atoms with van der Waals surface area (Å²) < 4.78 is 11.4. The molecule has 1 N–H and O–H groups in total. The molecule has 0 unspecified atom stereocenters. The molecule has 0 heterocycles. The molecule has 0 fully saturated rings. The van der Waals surface area contributed by atoms with Crippen LogP contribution in [0.5, 0.6) is 11.5 Å². The summed E-state index contributed by atoms with van der Waals surface area (Å²) in [5, 5.41) is 4.53. The summed E-state index contributed by atoms with van der Waals surface area (Å²) in [6, 6.07) is 11.4. The standard InChI is InChI=1S/C18H21Cl2NO2/c1-3-7-23-17-6-5-13(8-18(17)22-4-2)12-21-16-10-14(19)9-15(20)11-16/h5-6,8-11,21H,3-4,7,12H2,1-2H3. The van der Waals surface area contributed by atoms with Crippen LogP contribution in [-0.2, 0) is 6.54 Å². The summed E-state index contributed by atoms with van der Waals surface area (Å²) in [4.78, 5) is 0. The van der Waals surface area contributed by atoms with Crippen molar-refractivity contribution in [2.45, 2.75) is 26.8 Å². The van der Waals surface area contributed by atoms with E-state index < -0.39 is 0 Å². The van der Waals surface area contributed by atoms with Crippen LogP contribution in [0.2, 0.25) is 10.0 Å². The van der Waals surface area contributed by atoms with Crippen LogP contribution < -0.4 is 14.8 Å². The molecule has 0 aliphatic carbocycles. The summed E-state index contributed by atoms with van der Waals surface area (Å²) in [5.74, 6) is 1.55. The lowest BCUT2D eigenvalue weighted by molar-refractivity contribution is 0.276. The molecule has 2 rings (SSSR count). The van der Waals surface area contributed by atoms with Gasteiger partial charge in [-0.25, -0.2) is 0 Å². The Bertz CT molecular complexity index is 627. The zero-order chi connectivity index (χ0) is 16.7. The second-order valence-corrected chi connectivity index (χ2v) is 5.95. The lowest BCUT2D eigenvalue weighted by Crippen LogP contribution is -2.03. The van der Waals surface area contributed by atoms with Crippen LogP contribution in [0.4, 0.5) is 5.69 Å². The molecule has 2 aromatic carbocycles. The summed E-state index contributed by atoms with van der Waals surface area (Å²) in [6.45, 7) is 5.96. The summed E-state index contributed by atoms with van der Waals surface area (Å²) in [5.41, 5.74) is 1.97. The van der Waals surface area contributed by atoms with Crippen LogP contribution in [0.3, 0.4) is 0 Å². The fourth-order valence-electron chi connectivity index (χ4n) is 2.12. The van der Waals surface area contributed by atoms with E-state index in [0.717, 1.165) is 29.2 Å². The maximum Gasteiger partial charge on any atom is 0.161 e. The van der Waals surface area contributed by atoms with E-state index in [9.17, 15) is 0 Å². The molecule has 124 valence electrons. The van der Waals surface area contributed by atoms with Crippen LogP contribution >= 0.6 is 23.2 Å². The van der Waals surface area contributed by atoms with Crippen molar-refractivity contribution < 1.29 is 9.47 Å². The lowest BCUT2D eigenvalue weighted by atomic mass is 10.2. The number of hydrogen-bond acceptors (Lipinski definition) is 3. The minimum Gasteiger partial charge on any atom is -0.490 e. The van der Waals surface area contributed by atoms with Crippen molar-refractivity contribution in [2.75, 3.05) is 18.5 Å². The van der Waals surface area contributed by atoms with Crippen LogP contribution in [-0.4, -0.2) is 13.2 Å². The van der Waals surface area contributed by atoms with E-state index in [-0.39, 0.29) is 0 Å². The van der Waals surface area contributed by atoms with Crippen molar-refractivity contribution >= 4 is 28.9 Å². The molecule has 2 aromatic rings. The molecule has 0 radical (unpaired) electrons. The predicted molar refractivity (Wildman–Crippen MR) is 97.2 cm³/mol. The second-order valence-electron chi connectivity index (χ2n) is 5.07. The highest BCUT2D eigenvalue weighted by Gasteiger charge is 2.07. The van der Waals surface area contributed by atoms with Gasteiger partial charge in [0, 0.05) is 22.3 Å². The van der Waals surface area contributed by atoms with E-state index >= 15 is 0 Å². The molecule has 0 aliphatic heterocycles. The Kier molecular flexibility index (Phi) is 6.87. The van der Waals surface area contributed by atoms with Crippen molar-refractivity contribution in [1.82, 2.24) is 0 Å². The summed E-state index contributed by atoms with van der Waals surface area (Å²) in [6.07, 6.45) is 0.963. The molecule has 0 aromatic heterocycles. The third-order valence-electron chi connectivity index (χ3n) is 3.13. The Morgan fingerprint density at radius 2 is 1.65 bits per heavy atom. The molecule has 0 saturated heterocycles. The number of benzene rings is 2. The zero-order valence-corrected chi connectivity index (χ0v) is 14.9. The Morgan fingerprint density at radius 1 is 0.913 bits per heavy atom. The van der Waals surface area contributed by atoms with Crippen LogP contribution in [0.15, 0.2) is 36.4 Å². The molecule has 0 amide bonds. The van der Waals surface area contributed by atoms with Gasteiger partial charge in [0.1, 0.15) is 0 Å². The van der Waals surface area contributed by atoms with E-state index in [1.807, 2.05) is 37.3 Å². The Balaban J connectivity index is 2.08. The molecule has 5 heteroatoms. The normalized spacial score (nSPS) is 10.4. The third kappa shape index (κ3) is 5.52. The van der Waals surface area contributed by atoms with Gasteiger partial charge >= 0.3 is 0 Å². The average molecular weight is 354 g/mol. The average Bonchev–Trinajstić information content (AvgIpc) is 2.51. The first-order valence-electron chi connectivity index (χ1n) is 7.70. The van der Waals surface area contributed by atoms with Crippen LogP contribution in [0.1, 0.15) is 25.8 Å². The molecule has 0 spiro atoms.